The van der Waals surface area contributed by atoms with Crippen LogP contribution in [0, 0.1) is 6.92 Å². The minimum atomic E-state index is 0.838. The lowest BCUT2D eigenvalue weighted by atomic mass is 10.2. The highest BCUT2D eigenvalue weighted by atomic mass is 32.1. The molecule has 0 atom stereocenters. The number of quaternary nitrogens is 1. The molecule has 0 spiro atoms. The molecular weight excluding hydrogens is 344 g/mol. The summed E-state index contributed by atoms with van der Waals surface area (Å²) in [7, 11) is 0. The van der Waals surface area contributed by atoms with Crippen molar-refractivity contribution >= 4 is 28.1 Å². The molecule has 3 aromatic rings. The molecule has 0 unspecified atom stereocenters. The first-order valence-electron chi connectivity index (χ1n) is 8.90. The third kappa shape index (κ3) is 4.17. The van der Waals surface area contributed by atoms with E-state index in [4.69, 9.17) is 4.98 Å². The van der Waals surface area contributed by atoms with Crippen LogP contribution in [0.4, 0.5) is 16.8 Å². The van der Waals surface area contributed by atoms with Crippen LogP contribution in [0.1, 0.15) is 11.3 Å². The number of hydrogen-bond donors (Lipinski definition) is 2. The molecule has 3 heterocycles. The van der Waals surface area contributed by atoms with E-state index in [1.165, 1.54) is 5.56 Å². The van der Waals surface area contributed by atoms with Gasteiger partial charge in [0.15, 0.2) is 5.13 Å². The number of aromatic nitrogens is 3. The van der Waals surface area contributed by atoms with Crippen LogP contribution in [-0.2, 0) is 6.54 Å². The van der Waals surface area contributed by atoms with Crippen LogP contribution in [0.25, 0.3) is 0 Å². The summed E-state index contributed by atoms with van der Waals surface area (Å²) < 4.78 is 0. The van der Waals surface area contributed by atoms with Gasteiger partial charge in [-0.05, 0) is 25.1 Å². The number of anilines is 3. The van der Waals surface area contributed by atoms with E-state index in [0.29, 0.717) is 0 Å². The summed E-state index contributed by atoms with van der Waals surface area (Å²) in [5.74, 6) is 0.838. The fourth-order valence-corrected chi connectivity index (χ4v) is 3.85. The van der Waals surface area contributed by atoms with Crippen LogP contribution in [0.3, 0.4) is 0 Å². The van der Waals surface area contributed by atoms with E-state index in [2.05, 4.69) is 56.8 Å². The number of benzene rings is 1. The zero-order chi connectivity index (χ0) is 17.8. The van der Waals surface area contributed by atoms with Gasteiger partial charge >= 0.3 is 0 Å². The molecule has 2 aromatic heterocycles. The molecule has 134 valence electrons. The Balaban J connectivity index is 1.30. The maximum atomic E-state index is 4.75. The predicted molar refractivity (Wildman–Crippen MR) is 105 cm³/mol. The van der Waals surface area contributed by atoms with E-state index < -0.39 is 0 Å². The molecule has 6 nitrogen and oxygen atoms in total. The van der Waals surface area contributed by atoms with E-state index in [1.54, 1.807) is 28.6 Å². The lowest BCUT2D eigenvalue weighted by Gasteiger charge is -2.31. The molecule has 4 rings (SSSR count). The van der Waals surface area contributed by atoms with Crippen molar-refractivity contribution in [3.05, 3.63) is 59.4 Å². The number of thiazole rings is 1. The second kappa shape index (κ2) is 7.80. The van der Waals surface area contributed by atoms with Crippen LogP contribution >= 0.6 is 11.3 Å². The van der Waals surface area contributed by atoms with E-state index in [9.17, 15) is 0 Å². The molecular formula is C19H23N6S+. The zero-order valence-electron chi connectivity index (χ0n) is 14.9. The molecule has 0 amide bonds. The first-order valence-corrected chi connectivity index (χ1v) is 9.78. The minimum Gasteiger partial charge on any atom is -0.332 e. The molecule has 1 fully saturated rings. The molecule has 1 aliphatic rings. The Bertz CT molecular complexity index is 825. The third-order valence-electron chi connectivity index (χ3n) is 4.59. The van der Waals surface area contributed by atoms with E-state index in [1.807, 2.05) is 6.07 Å². The van der Waals surface area contributed by atoms with Crippen molar-refractivity contribution in [2.24, 2.45) is 0 Å². The van der Waals surface area contributed by atoms with Gasteiger partial charge < -0.3 is 15.1 Å². The molecule has 0 bridgehead atoms. The molecule has 26 heavy (non-hydrogen) atoms. The fraction of sp³-hybridized carbons (Fsp3) is 0.316. The largest absolute Gasteiger partial charge is 0.332 e. The van der Waals surface area contributed by atoms with Gasteiger partial charge in [0, 0.05) is 23.5 Å². The monoisotopic (exact) mass is 367 g/mol. The van der Waals surface area contributed by atoms with E-state index in [-0.39, 0.29) is 0 Å². The summed E-state index contributed by atoms with van der Waals surface area (Å²) in [4.78, 5) is 17.3. The summed E-state index contributed by atoms with van der Waals surface area (Å²) in [6.45, 7) is 7.19. The third-order valence-corrected chi connectivity index (χ3v) is 5.40. The van der Waals surface area contributed by atoms with Gasteiger partial charge in [-0.15, -0.1) is 11.3 Å². The van der Waals surface area contributed by atoms with E-state index >= 15 is 0 Å². The van der Waals surface area contributed by atoms with Gasteiger partial charge in [0.25, 0.3) is 0 Å². The van der Waals surface area contributed by atoms with Crippen LogP contribution in [-0.4, -0.2) is 41.1 Å². The Morgan fingerprint density at radius 1 is 1.12 bits per heavy atom. The van der Waals surface area contributed by atoms with Crippen LogP contribution in [0.15, 0.2) is 48.1 Å². The summed E-state index contributed by atoms with van der Waals surface area (Å²) in [6, 6.07) is 10.3. The highest BCUT2D eigenvalue weighted by Crippen LogP contribution is 2.21. The number of nitrogens with one attached hydrogen (secondary N) is 2. The average Bonchev–Trinajstić information content (AvgIpc) is 3.12. The topological polar surface area (TPSA) is 58.4 Å². The first kappa shape index (κ1) is 16.9. The van der Waals surface area contributed by atoms with Crippen molar-refractivity contribution in [2.45, 2.75) is 13.5 Å². The highest BCUT2D eigenvalue weighted by molar-refractivity contribution is 7.13. The van der Waals surface area contributed by atoms with Gasteiger partial charge in [0.05, 0.1) is 26.2 Å². The Morgan fingerprint density at radius 2 is 1.85 bits per heavy atom. The molecule has 1 aliphatic heterocycles. The van der Waals surface area contributed by atoms with Crippen LogP contribution in [0.2, 0.25) is 0 Å². The minimum absolute atomic E-state index is 0.838. The maximum absolute atomic E-state index is 4.75. The Kier molecular flexibility index (Phi) is 5.08. The summed E-state index contributed by atoms with van der Waals surface area (Å²) in [6.07, 6.45) is 3.61. The van der Waals surface area contributed by atoms with Crippen molar-refractivity contribution < 1.29 is 4.90 Å². The number of hydrogen-bond acceptors (Lipinski definition) is 6. The lowest BCUT2D eigenvalue weighted by Crippen LogP contribution is -3.13. The van der Waals surface area contributed by atoms with Crippen molar-refractivity contribution in [1.29, 1.82) is 0 Å². The van der Waals surface area contributed by atoms with Crippen LogP contribution in [0.5, 0.6) is 0 Å². The summed E-state index contributed by atoms with van der Waals surface area (Å²) in [5, 5.41) is 6.51. The Morgan fingerprint density at radius 3 is 2.58 bits per heavy atom. The molecule has 0 radical (unpaired) electrons. The number of piperazine rings is 1. The Hall–Kier alpha value is -2.51. The number of rotatable bonds is 5. The molecule has 1 aromatic carbocycles. The van der Waals surface area contributed by atoms with Gasteiger partial charge in [-0.25, -0.2) is 15.0 Å². The predicted octanol–water partition coefficient (Wildman–Crippen LogP) is 1.89. The molecule has 7 heteroatoms. The average molecular weight is 368 g/mol. The molecule has 0 saturated carbocycles. The van der Waals surface area contributed by atoms with Gasteiger partial charge in [0.2, 0.25) is 5.95 Å². The summed E-state index contributed by atoms with van der Waals surface area (Å²) in [5.41, 5.74) is 3.50. The smallest absolute Gasteiger partial charge is 0.225 e. The van der Waals surface area contributed by atoms with E-state index in [0.717, 1.165) is 55.2 Å². The van der Waals surface area contributed by atoms with Gasteiger partial charge in [-0.3, -0.25) is 0 Å². The molecule has 0 aliphatic carbocycles. The maximum Gasteiger partial charge on any atom is 0.225 e. The molecule has 2 N–H and O–H groups in total. The van der Waals surface area contributed by atoms with Gasteiger partial charge in [-0.2, -0.15) is 0 Å². The normalized spacial score (nSPS) is 15.2. The Labute approximate surface area is 157 Å². The molecule has 1 saturated heterocycles. The van der Waals surface area contributed by atoms with Crippen LogP contribution < -0.4 is 15.1 Å². The summed E-state index contributed by atoms with van der Waals surface area (Å²) >= 11 is 1.67. The first-order chi connectivity index (χ1) is 12.8. The van der Waals surface area contributed by atoms with Crippen molar-refractivity contribution in [2.75, 3.05) is 36.4 Å². The SMILES string of the molecule is Cc1ccc(Nc2nc(C[NH+]3CCN(c4ncccn4)CC3)cs2)cc1. The zero-order valence-corrected chi connectivity index (χ0v) is 15.7. The standard InChI is InChI=1S/C19H22N6S/c1-15-3-5-16(6-4-15)22-19-23-17(14-26-19)13-24-9-11-25(12-10-24)18-20-7-2-8-21-18/h2-8,14H,9-13H2,1H3,(H,22,23)/p+1. The van der Waals surface area contributed by atoms with Gasteiger partial charge in [-0.1, -0.05) is 17.7 Å². The quantitative estimate of drug-likeness (QED) is 0.721. The lowest BCUT2D eigenvalue weighted by molar-refractivity contribution is -0.914. The number of nitrogens with zero attached hydrogens (tertiary/aromatic N) is 4. The van der Waals surface area contributed by atoms with Crippen molar-refractivity contribution in [3.63, 3.8) is 0 Å². The van der Waals surface area contributed by atoms with Gasteiger partial charge in [0.1, 0.15) is 12.2 Å². The second-order valence-electron chi connectivity index (χ2n) is 6.60. The number of aryl methyl sites for hydroxylation is 1. The van der Waals surface area contributed by atoms with Crippen molar-refractivity contribution in [1.82, 2.24) is 15.0 Å². The second-order valence-corrected chi connectivity index (χ2v) is 7.46. The fourth-order valence-electron chi connectivity index (χ4n) is 3.12. The highest BCUT2D eigenvalue weighted by Gasteiger charge is 2.22. The van der Waals surface area contributed by atoms with Crippen molar-refractivity contribution in [3.8, 4) is 0 Å².